The molecule has 2 aromatic heterocycles. The largest absolute Gasteiger partial charge is 0.375 e. The first-order valence-corrected chi connectivity index (χ1v) is 19.2. The molecule has 1 aliphatic rings. The molecule has 5 rings (SSSR count). The third kappa shape index (κ3) is 7.82. The molecule has 0 spiro atoms. The van der Waals surface area contributed by atoms with E-state index in [1.54, 1.807) is 59.5 Å². The molecule has 4 aromatic rings. The molecule has 3 heterocycles. The van der Waals surface area contributed by atoms with Gasteiger partial charge in [0.15, 0.2) is 5.65 Å². The van der Waals surface area contributed by atoms with E-state index < -0.39 is 20.0 Å². The summed E-state index contributed by atoms with van der Waals surface area (Å²) in [6.45, 7) is 11.6. The number of benzene rings is 2. The Bertz CT molecular complexity index is 1950. The SMILES string of the molecule is Cc1ccc(S(=O)(=O)n2ccc3c(N[C@H]4CCCN(C(=O)CNc5ccccc5S(=O)(=O)N(CC(C)C)CC(C)C)C4)ncnc32)cc1. The summed E-state index contributed by atoms with van der Waals surface area (Å²) in [6, 6.07) is 14.9. The molecule has 48 heavy (non-hydrogen) atoms. The van der Waals surface area contributed by atoms with E-state index >= 15 is 0 Å². The van der Waals surface area contributed by atoms with Gasteiger partial charge in [0.2, 0.25) is 15.9 Å². The van der Waals surface area contributed by atoms with E-state index in [9.17, 15) is 21.6 Å². The van der Waals surface area contributed by atoms with Crippen LogP contribution in [-0.4, -0.2) is 84.7 Å². The Morgan fingerprint density at radius 2 is 1.65 bits per heavy atom. The number of para-hydroxylation sites is 1. The van der Waals surface area contributed by atoms with Crippen molar-refractivity contribution in [2.45, 2.75) is 63.3 Å². The maximum Gasteiger partial charge on any atom is 0.269 e. The summed E-state index contributed by atoms with van der Waals surface area (Å²) >= 11 is 0. The molecule has 258 valence electrons. The van der Waals surface area contributed by atoms with E-state index in [1.807, 2.05) is 34.6 Å². The number of likely N-dealkylation sites (tertiary alicyclic amines) is 1. The molecule has 14 heteroatoms. The summed E-state index contributed by atoms with van der Waals surface area (Å²) in [6.07, 6.45) is 4.35. The smallest absolute Gasteiger partial charge is 0.269 e. The fraction of sp³-hybridized carbons (Fsp3) is 0.441. The van der Waals surface area contributed by atoms with Gasteiger partial charge in [-0.1, -0.05) is 57.5 Å². The Labute approximate surface area is 283 Å². The zero-order valence-electron chi connectivity index (χ0n) is 28.1. The second-order valence-corrected chi connectivity index (χ2v) is 16.9. The van der Waals surface area contributed by atoms with Crippen molar-refractivity contribution in [2.75, 3.05) is 43.4 Å². The van der Waals surface area contributed by atoms with Crippen LogP contribution in [0.5, 0.6) is 0 Å². The van der Waals surface area contributed by atoms with E-state index in [1.165, 1.54) is 16.8 Å². The Hall–Kier alpha value is -4.01. The minimum absolute atomic E-state index is 0.0644. The minimum Gasteiger partial charge on any atom is -0.375 e. The first-order chi connectivity index (χ1) is 22.8. The highest BCUT2D eigenvalue weighted by Crippen LogP contribution is 2.28. The molecule has 1 atom stereocenters. The lowest BCUT2D eigenvalue weighted by Crippen LogP contribution is -2.47. The van der Waals surface area contributed by atoms with Crippen LogP contribution in [0.1, 0.15) is 46.1 Å². The monoisotopic (exact) mass is 695 g/mol. The predicted octanol–water partition coefficient (Wildman–Crippen LogP) is 4.79. The number of carbonyl (C=O) groups excluding carboxylic acids is 1. The van der Waals surface area contributed by atoms with Crippen LogP contribution in [0.4, 0.5) is 11.5 Å². The lowest BCUT2D eigenvalue weighted by atomic mass is 10.1. The Morgan fingerprint density at radius 1 is 0.958 bits per heavy atom. The summed E-state index contributed by atoms with van der Waals surface area (Å²) in [5.74, 6) is 0.650. The van der Waals surface area contributed by atoms with Crippen molar-refractivity contribution in [3.63, 3.8) is 0 Å². The van der Waals surface area contributed by atoms with Gasteiger partial charge < -0.3 is 15.5 Å². The zero-order valence-corrected chi connectivity index (χ0v) is 29.8. The number of sulfonamides is 1. The average Bonchev–Trinajstić information content (AvgIpc) is 3.50. The molecule has 0 unspecified atom stereocenters. The molecule has 12 nitrogen and oxygen atoms in total. The molecule has 0 radical (unpaired) electrons. The minimum atomic E-state index is -3.87. The van der Waals surface area contributed by atoms with Gasteiger partial charge in [-0.25, -0.2) is 30.8 Å². The van der Waals surface area contributed by atoms with Gasteiger partial charge in [-0.3, -0.25) is 4.79 Å². The summed E-state index contributed by atoms with van der Waals surface area (Å²) in [7, 11) is -7.66. The van der Waals surface area contributed by atoms with E-state index in [-0.39, 0.29) is 45.8 Å². The van der Waals surface area contributed by atoms with Crippen LogP contribution in [0.3, 0.4) is 0 Å². The zero-order chi connectivity index (χ0) is 34.6. The van der Waals surface area contributed by atoms with Crippen molar-refractivity contribution in [2.24, 2.45) is 11.8 Å². The predicted molar refractivity (Wildman–Crippen MR) is 188 cm³/mol. The van der Waals surface area contributed by atoms with Crippen LogP contribution in [-0.2, 0) is 24.8 Å². The first kappa shape index (κ1) is 35.3. The van der Waals surface area contributed by atoms with Crippen molar-refractivity contribution >= 4 is 48.5 Å². The molecule has 0 bridgehead atoms. The first-order valence-electron chi connectivity index (χ1n) is 16.3. The molecule has 1 fully saturated rings. The number of aromatic nitrogens is 3. The highest BCUT2D eigenvalue weighted by molar-refractivity contribution is 7.90. The fourth-order valence-electron chi connectivity index (χ4n) is 5.92. The normalized spacial score (nSPS) is 15.8. The van der Waals surface area contributed by atoms with E-state index in [0.29, 0.717) is 43.1 Å². The van der Waals surface area contributed by atoms with Gasteiger partial charge in [0, 0.05) is 38.4 Å². The highest BCUT2D eigenvalue weighted by Gasteiger charge is 2.30. The summed E-state index contributed by atoms with van der Waals surface area (Å²) in [4.78, 5) is 24.2. The van der Waals surface area contributed by atoms with Gasteiger partial charge >= 0.3 is 0 Å². The number of rotatable bonds is 13. The number of nitrogens with one attached hydrogen (secondary N) is 2. The van der Waals surface area contributed by atoms with Crippen LogP contribution >= 0.6 is 0 Å². The number of amides is 1. The Balaban J connectivity index is 1.27. The van der Waals surface area contributed by atoms with Crippen molar-refractivity contribution in [1.29, 1.82) is 0 Å². The van der Waals surface area contributed by atoms with Gasteiger partial charge in [0.05, 0.1) is 22.5 Å². The topological polar surface area (TPSA) is 147 Å². The van der Waals surface area contributed by atoms with Gasteiger partial charge in [0.1, 0.15) is 17.0 Å². The summed E-state index contributed by atoms with van der Waals surface area (Å²) in [5.41, 5.74) is 1.61. The third-order valence-electron chi connectivity index (χ3n) is 8.21. The van der Waals surface area contributed by atoms with Gasteiger partial charge in [-0.15, -0.1) is 0 Å². The van der Waals surface area contributed by atoms with E-state index in [4.69, 9.17) is 0 Å². The quantitative estimate of drug-likeness (QED) is 0.202. The number of anilines is 2. The van der Waals surface area contributed by atoms with E-state index in [0.717, 1.165) is 22.4 Å². The maximum absolute atomic E-state index is 13.8. The van der Waals surface area contributed by atoms with Crippen molar-refractivity contribution in [3.8, 4) is 0 Å². The van der Waals surface area contributed by atoms with Gasteiger partial charge in [-0.2, -0.15) is 4.31 Å². The van der Waals surface area contributed by atoms with Crippen LogP contribution in [0.25, 0.3) is 11.0 Å². The second kappa shape index (κ2) is 14.6. The van der Waals surface area contributed by atoms with Crippen molar-refractivity contribution in [3.05, 3.63) is 72.7 Å². The van der Waals surface area contributed by atoms with Crippen molar-refractivity contribution < 1.29 is 21.6 Å². The van der Waals surface area contributed by atoms with Crippen LogP contribution < -0.4 is 10.6 Å². The summed E-state index contributed by atoms with van der Waals surface area (Å²) in [5, 5.41) is 7.07. The van der Waals surface area contributed by atoms with Crippen LogP contribution in [0.15, 0.2) is 76.9 Å². The van der Waals surface area contributed by atoms with Gasteiger partial charge in [0.25, 0.3) is 10.0 Å². The maximum atomic E-state index is 13.8. The molecular weight excluding hydrogens is 651 g/mol. The highest BCUT2D eigenvalue weighted by atomic mass is 32.2. The molecule has 1 aliphatic heterocycles. The number of hydrogen-bond acceptors (Lipinski definition) is 9. The van der Waals surface area contributed by atoms with Crippen molar-refractivity contribution in [1.82, 2.24) is 23.1 Å². The number of carbonyl (C=O) groups is 1. The Morgan fingerprint density at radius 3 is 2.33 bits per heavy atom. The molecule has 0 saturated carbocycles. The summed E-state index contributed by atoms with van der Waals surface area (Å²) < 4.78 is 57.0. The molecule has 2 aromatic carbocycles. The lowest BCUT2D eigenvalue weighted by molar-refractivity contribution is -0.130. The van der Waals surface area contributed by atoms with Gasteiger partial charge in [-0.05, 0) is 61.9 Å². The van der Waals surface area contributed by atoms with Crippen LogP contribution in [0.2, 0.25) is 0 Å². The average molecular weight is 696 g/mol. The Kier molecular flexibility index (Phi) is 10.8. The number of piperidine rings is 1. The molecule has 1 saturated heterocycles. The van der Waals surface area contributed by atoms with Crippen LogP contribution in [0, 0.1) is 18.8 Å². The number of fused-ring (bicyclic) bond motifs is 1. The lowest BCUT2D eigenvalue weighted by Gasteiger charge is -2.33. The third-order valence-corrected chi connectivity index (χ3v) is 11.8. The van der Waals surface area contributed by atoms with E-state index in [2.05, 4.69) is 20.6 Å². The number of nitrogens with zero attached hydrogens (tertiary/aromatic N) is 5. The standard InChI is InChI=1S/C34H45N7O5S2/c1-24(2)20-40(21-25(3)4)48(45,46)31-11-7-6-10-30(31)35-19-32(42)39-17-8-9-27(22-39)38-33-29-16-18-41(34(29)37-23-36-33)47(43,44)28-14-12-26(5)13-15-28/h6-7,10-16,18,23-25,27,35H,8-9,17,19-22H2,1-5H3,(H,36,37,38)/t27-/m0/s1. The second-order valence-electron chi connectivity index (χ2n) is 13.2. The molecule has 0 aliphatic carbocycles. The fourth-order valence-corrected chi connectivity index (χ4v) is 9.16. The molecule has 2 N–H and O–H groups in total. The number of aryl methyl sites for hydroxylation is 1. The number of hydrogen-bond donors (Lipinski definition) is 2. The molecule has 1 amide bonds. The molecular formula is C34H45N7O5S2.